The minimum Gasteiger partial charge on any atom is -0.323 e. The summed E-state index contributed by atoms with van der Waals surface area (Å²) in [6.45, 7) is 9.97. The Hall–Kier alpha value is -0.0400. The molecule has 5 heteroatoms. The number of halogens is 1. The molecule has 2 fully saturated rings. The lowest BCUT2D eigenvalue weighted by Gasteiger charge is -2.48. The molecule has 2 amide bonds. The van der Waals surface area contributed by atoms with Gasteiger partial charge in [0.05, 0.1) is 0 Å². The van der Waals surface area contributed by atoms with Gasteiger partial charge in [-0.2, -0.15) is 0 Å². The van der Waals surface area contributed by atoms with Crippen molar-refractivity contribution in [1.29, 1.82) is 0 Å². The van der Waals surface area contributed by atoms with Crippen molar-refractivity contribution >= 4 is 28.9 Å². The molecular formula is C10H18IN3O. The van der Waals surface area contributed by atoms with Gasteiger partial charge in [-0.3, -0.25) is 0 Å². The molecular weight excluding hydrogens is 305 g/mol. The van der Waals surface area contributed by atoms with Crippen LogP contribution in [0.3, 0.4) is 0 Å². The number of hydrogen-bond donors (Lipinski definition) is 0. The van der Waals surface area contributed by atoms with Gasteiger partial charge in [0.2, 0.25) is 0 Å². The lowest BCUT2D eigenvalue weighted by Crippen LogP contribution is -2.60. The van der Waals surface area contributed by atoms with Gasteiger partial charge < -0.3 is 9.80 Å². The number of carbonyl (C=O) groups excluding carboxylic acids is 1. The second-order valence-electron chi connectivity index (χ2n) is 5.20. The van der Waals surface area contributed by atoms with Crippen LogP contribution in [0.5, 0.6) is 0 Å². The number of hydrogen-bond acceptors (Lipinski definition) is 2. The van der Waals surface area contributed by atoms with E-state index in [2.05, 4.69) is 39.8 Å². The first-order valence-electron chi connectivity index (χ1n) is 5.42. The van der Waals surface area contributed by atoms with Crippen LogP contribution >= 0.6 is 22.9 Å². The van der Waals surface area contributed by atoms with Crippen LogP contribution in [0.1, 0.15) is 13.8 Å². The zero-order chi connectivity index (χ0) is 11.1. The topological polar surface area (TPSA) is 26.8 Å². The van der Waals surface area contributed by atoms with Crippen LogP contribution in [0.2, 0.25) is 0 Å². The lowest BCUT2D eigenvalue weighted by atomic mass is 9.85. The zero-order valence-corrected chi connectivity index (χ0v) is 11.5. The maximum atomic E-state index is 12.0. The Morgan fingerprint density at radius 3 is 2.07 bits per heavy atom. The summed E-state index contributed by atoms with van der Waals surface area (Å²) >= 11 is 2.32. The van der Waals surface area contributed by atoms with E-state index in [0.717, 1.165) is 39.3 Å². The third-order valence-corrected chi connectivity index (χ3v) is 3.97. The molecule has 4 nitrogen and oxygen atoms in total. The molecule has 2 saturated heterocycles. The highest BCUT2D eigenvalue weighted by Crippen LogP contribution is 2.29. The molecule has 0 N–H and O–H groups in total. The number of urea groups is 1. The van der Waals surface area contributed by atoms with Crippen LogP contribution in [0.15, 0.2) is 0 Å². The quantitative estimate of drug-likeness (QED) is 0.498. The lowest BCUT2D eigenvalue weighted by molar-refractivity contribution is 0.0387. The van der Waals surface area contributed by atoms with E-state index < -0.39 is 0 Å². The number of rotatable bonds is 0. The predicted octanol–water partition coefficient (Wildman–Crippen LogP) is 1.42. The van der Waals surface area contributed by atoms with Crippen molar-refractivity contribution in [3.05, 3.63) is 0 Å². The maximum absolute atomic E-state index is 12.0. The van der Waals surface area contributed by atoms with Gasteiger partial charge in [0.25, 0.3) is 0 Å². The SMILES string of the molecule is CC1(C)CN(C(=O)N2CCN(I)CC2)C1. The van der Waals surface area contributed by atoms with Crippen molar-refractivity contribution < 1.29 is 4.79 Å². The fourth-order valence-electron chi connectivity index (χ4n) is 2.20. The van der Waals surface area contributed by atoms with E-state index >= 15 is 0 Å². The number of carbonyl (C=O) groups is 1. The summed E-state index contributed by atoms with van der Waals surface area (Å²) in [6, 6.07) is 0.235. The molecule has 0 aromatic carbocycles. The molecule has 15 heavy (non-hydrogen) atoms. The normalized spacial score (nSPS) is 26.3. The van der Waals surface area contributed by atoms with Gasteiger partial charge in [-0.1, -0.05) is 13.8 Å². The molecule has 2 aliphatic heterocycles. The average Bonchev–Trinajstić information content (AvgIpc) is 2.14. The fraction of sp³-hybridized carbons (Fsp3) is 0.900. The minimum atomic E-state index is 0.235. The molecule has 0 aromatic heterocycles. The van der Waals surface area contributed by atoms with Crippen molar-refractivity contribution in [3.8, 4) is 0 Å². The summed E-state index contributed by atoms with van der Waals surface area (Å²) in [4.78, 5) is 15.9. The number of piperazine rings is 1. The monoisotopic (exact) mass is 323 g/mol. The highest BCUT2D eigenvalue weighted by Gasteiger charge is 2.39. The van der Waals surface area contributed by atoms with Crippen LogP contribution in [-0.4, -0.2) is 58.2 Å². The predicted molar refractivity (Wildman–Crippen MR) is 67.9 cm³/mol. The third kappa shape index (κ3) is 2.55. The molecule has 0 unspecified atom stereocenters. The third-order valence-electron chi connectivity index (χ3n) is 3.00. The van der Waals surface area contributed by atoms with E-state index in [1.165, 1.54) is 0 Å². The molecule has 0 bridgehead atoms. The van der Waals surface area contributed by atoms with Gasteiger partial charge in [-0.05, 0) is 0 Å². The zero-order valence-electron chi connectivity index (χ0n) is 9.37. The van der Waals surface area contributed by atoms with Gasteiger partial charge in [0.1, 0.15) is 0 Å². The van der Waals surface area contributed by atoms with E-state index in [9.17, 15) is 4.79 Å². The van der Waals surface area contributed by atoms with E-state index in [-0.39, 0.29) is 6.03 Å². The van der Waals surface area contributed by atoms with E-state index in [0.29, 0.717) is 5.41 Å². The summed E-state index contributed by atoms with van der Waals surface area (Å²) < 4.78 is 2.24. The molecule has 0 radical (unpaired) electrons. The Labute approximate surface area is 105 Å². The smallest absolute Gasteiger partial charge is 0.320 e. The number of amides is 2. The first-order valence-corrected chi connectivity index (χ1v) is 6.39. The molecule has 0 saturated carbocycles. The molecule has 0 spiro atoms. The summed E-state index contributed by atoms with van der Waals surface area (Å²) in [6.07, 6.45) is 0. The molecule has 2 aliphatic rings. The molecule has 0 atom stereocenters. The highest BCUT2D eigenvalue weighted by molar-refractivity contribution is 14.1. The van der Waals surface area contributed by atoms with Crippen molar-refractivity contribution in [3.63, 3.8) is 0 Å². The van der Waals surface area contributed by atoms with Gasteiger partial charge in [0, 0.05) is 67.5 Å². The Morgan fingerprint density at radius 2 is 1.60 bits per heavy atom. The Morgan fingerprint density at radius 1 is 1.07 bits per heavy atom. The van der Waals surface area contributed by atoms with Crippen molar-refractivity contribution in [1.82, 2.24) is 12.9 Å². The van der Waals surface area contributed by atoms with Crippen molar-refractivity contribution in [2.24, 2.45) is 5.41 Å². The molecule has 2 rings (SSSR count). The fourth-order valence-corrected chi connectivity index (χ4v) is 2.63. The van der Waals surface area contributed by atoms with Gasteiger partial charge in [-0.25, -0.2) is 7.91 Å². The number of likely N-dealkylation sites (tertiary alicyclic amines) is 1. The summed E-state index contributed by atoms with van der Waals surface area (Å²) in [5.41, 5.74) is 0.334. The van der Waals surface area contributed by atoms with Gasteiger partial charge in [-0.15, -0.1) is 0 Å². The molecule has 0 aliphatic carbocycles. The van der Waals surface area contributed by atoms with E-state index in [4.69, 9.17) is 0 Å². The highest BCUT2D eigenvalue weighted by atomic mass is 127. The second-order valence-corrected chi connectivity index (χ2v) is 6.56. The van der Waals surface area contributed by atoms with Crippen LogP contribution in [0.25, 0.3) is 0 Å². The van der Waals surface area contributed by atoms with Gasteiger partial charge >= 0.3 is 6.03 Å². The van der Waals surface area contributed by atoms with Crippen molar-refractivity contribution in [2.45, 2.75) is 13.8 Å². The summed E-state index contributed by atoms with van der Waals surface area (Å²) in [7, 11) is 0. The molecule has 86 valence electrons. The van der Waals surface area contributed by atoms with E-state index in [1.807, 2.05) is 9.80 Å². The standard InChI is InChI=1S/C10H18IN3O/c1-10(2)7-13(8-10)9(15)12-3-5-14(11)6-4-12/h3-8H2,1-2H3. The summed E-state index contributed by atoms with van der Waals surface area (Å²) in [5.74, 6) is 0. The average molecular weight is 323 g/mol. The van der Waals surface area contributed by atoms with Crippen LogP contribution in [0.4, 0.5) is 4.79 Å². The Kier molecular flexibility index (Phi) is 3.12. The van der Waals surface area contributed by atoms with Crippen LogP contribution in [0, 0.1) is 5.41 Å². The van der Waals surface area contributed by atoms with Gasteiger partial charge in [0.15, 0.2) is 0 Å². The first kappa shape index (κ1) is 11.4. The Balaban J connectivity index is 1.82. The molecule has 2 heterocycles. The van der Waals surface area contributed by atoms with Crippen LogP contribution < -0.4 is 0 Å². The molecule has 0 aromatic rings. The van der Waals surface area contributed by atoms with Crippen LogP contribution in [-0.2, 0) is 0 Å². The first-order chi connectivity index (χ1) is 6.98. The summed E-state index contributed by atoms with van der Waals surface area (Å²) in [5, 5.41) is 0. The largest absolute Gasteiger partial charge is 0.323 e. The minimum absolute atomic E-state index is 0.235. The van der Waals surface area contributed by atoms with Crippen molar-refractivity contribution in [2.75, 3.05) is 39.3 Å². The maximum Gasteiger partial charge on any atom is 0.320 e. The van der Waals surface area contributed by atoms with E-state index in [1.54, 1.807) is 0 Å². The second kappa shape index (κ2) is 4.08. The number of nitrogens with zero attached hydrogens (tertiary/aromatic N) is 3. The Bertz CT molecular complexity index is 253.